The first-order valence-electron chi connectivity index (χ1n) is 12.9. The van der Waals surface area contributed by atoms with E-state index in [1.54, 1.807) is 24.3 Å². The van der Waals surface area contributed by atoms with E-state index >= 15 is 0 Å². The number of carbonyl (C=O) groups is 2. The number of hydrogen-bond acceptors (Lipinski definition) is 5. The van der Waals surface area contributed by atoms with E-state index in [2.05, 4.69) is 5.32 Å². The molecule has 0 radical (unpaired) electrons. The van der Waals surface area contributed by atoms with Crippen molar-refractivity contribution in [1.29, 1.82) is 0 Å². The van der Waals surface area contributed by atoms with Crippen molar-refractivity contribution in [3.8, 4) is 5.75 Å². The minimum atomic E-state index is -3.82. The van der Waals surface area contributed by atoms with Gasteiger partial charge in [0.25, 0.3) is 0 Å². The normalized spacial score (nSPS) is 12.7. The lowest BCUT2D eigenvalue weighted by atomic mass is 10.0. The second-order valence-corrected chi connectivity index (χ2v) is 11.4. The Morgan fingerprint density at radius 3 is 1.97 bits per heavy atom. The molecule has 0 saturated heterocycles. The van der Waals surface area contributed by atoms with Crippen LogP contribution in [0.4, 0.5) is 5.69 Å². The number of rotatable bonds is 13. The molecule has 0 aliphatic carbocycles. The first-order chi connectivity index (χ1) is 18.6. The second kappa shape index (κ2) is 13.8. The molecule has 3 aromatic rings. The van der Waals surface area contributed by atoms with Gasteiger partial charge in [0.15, 0.2) is 0 Å². The molecule has 2 amide bonds. The number of ether oxygens (including phenoxy) is 1. The highest BCUT2D eigenvalue weighted by Crippen LogP contribution is 2.23. The van der Waals surface area contributed by atoms with Gasteiger partial charge in [-0.1, -0.05) is 67.6 Å². The minimum Gasteiger partial charge on any atom is -0.497 e. The van der Waals surface area contributed by atoms with Gasteiger partial charge in [-0.15, -0.1) is 0 Å². The summed E-state index contributed by atoms with van der Waals surface area (Å²) < 4.78 is 31.9. The van der Waals surface area contributed by atoms with Crippen LogP contribution >= 0.6 is 0 Å². The van der Waals surface area contributed by atoms with E-state index in [1.165, 1.54) is 12.0 Å². The maximum absolute atomic E-state index is 14.0. The lowest BCUT2D eigenvalue weighted by Gasteiger charge is -2.34. The zero-order valence-corrected chi connectivity index (χ0v) is 23.7. The summed E-state index contributed by atoms with van der Waals surface area (Å²) >= 11 is 0. The van der Waals surface area contributed by atoms with Crippen molar-refractivity contribution in [3.05, 3.63) is 96.1 Å². The number of benzene rings is 3. The van der Waals surface area contributed by atoms with Gasteiger partial charge in [-0.3, -0.25) is 13.9 Å². The average Bonchev–Trinajstić information content (AvgIpc) is 2.94. The van der Waals surface area contributed by atoms with Crippen LogP contribution in [-0.4, -0.2) is 57.1 Å². The van der Waals surface area contributed by atoms with Gasteiger partial charge in [-0.05, 0) is 48.7 Å². The van der Waals surface area contributed by atoms with Gasteiger partial charge in [0.2, 0.25) is 21.8 Å². The molecule has 2 unspecified atom stereocenters. The van der Waals surface area contributed by atoms with Crippen LogP contribution in [0.25, 0.3) is 0 Å². The maximum Gasteiger partial charge on any atom is 0.244 e. The third-order valence-electron chi connectivity index (χ3n) is 6.51. The fourth-order valence-electron chi connectivity index (χ4n) is 4.14. The number of carbonyl (C=O) groups excluding carboxylic acids is 2. The highest BCUT2D eigenvalue weighted by molar-refractivity contribution is 7.92. The molecule has 3 rings (SSSR count). The van der Waals surface area contributed by atoms with Crippen LogP contribution in [0.3, 0.4) is 0 Å². The van der Waals surface area contributed by atoms with E-state index in [9.17, 15) is 18.0 Å². The van der Waals surface area contributed by atoms with Crippen LogP contribution in [0.15, 0.2) is 84.9 Å². The Bertz CT molecular complexity index is 1320. The lowest BCUT2D eigenvalue weighted by Crippen LogP contribution is -2.54. The topological polar surface area (TPSA) is 96.0 Å². The van der Waals surface area contributed by atoms with E-state index < -0.39 is 28.5 Å². The molecule has 8 nitrogen and oxygen atoms in total. The second-order valence-electron chi connectivity index (χ2n) is 9.50. The highest BCUT2D eigenvalue weighted by Gasteiger charge is 2.33. The van der Waals surface area contributed by atoms with Crippen molar-refractivity contribution in [2.45, 2.75) is 45.3 Å². The first kappa shape index (κ1) is 29.7. The van der Waals surface area contributed by atoms with Crippen molar-refractivity contribution < 1.29 is 22.7 Å². The van der Waals surface area contributed by atoms with Gasteiger partial charge >= 0.3 is 0 Å². The van der Waals surface area contributed by atoms with E-state index in [-0.39, 0.29) is 24.9 Å². The predicted molar refractivity (Wildman–Crippen MR) is 154 cm³/mol. The SMILES string of the molecule is CCC(C)NC(=O)C(Cc1ccccc1)N(Cc1ccccc1)C(=O)CN(c1ccc(OC)cc1)S(C)(=O)=O. The molecule has 208 valence electrons. The predicted octanol–water partition coefficient (Wildman–Crippen LogP) is 4.02. The quantitative estimate of drug-likeness (QED) is 0.346. The Morgan fingerprint density at radius 1 is 0.897 bits per heavy atom. The van der Waals surface area contributed by atoms with Gasteiger partial charge in [-0.25, -0.2) is 8.42 Å². The van der Waals surface area contributed by atoms with Crippen LogP contribution in [0.2, 0.25) is 0 Å². The first-order valence-corrected chi connectivity index (χ1v) is 14.8. The summed E-state index contributed by atoms with van der Waals surface area (Å²) in [6.07, 6.45) is 2.07. The van der Waals surface area contributed by atoms with Crippen LogP contribution in [0.5, 0.6) is 5.75 Å². The van der Waals surface area contributed by atoms with Gasteiger partial charge in [-0.2, -0.15) is 0 Å². The lowest BCUT2D eigenvalue weighted by molar-refractivity contribution is -0.140. The summed E-state index contributed by atoms with van der Waals surface area (Å²) in [5.74, 6) is -0.206. The van der Waals surface area contributed by atoms with Crippen LogP contribution in [0, 0.1) is 0 Å². The molecule has 0 saturated carbocycles. The Balaban J connectivity index is 2.02. The monoisotopic (exact) mass is 551 g/mol. The smallest absolute Gasteiger partial charge is 0.244 e. The van der Waals surface area contributed by atoms with Crippen LogP contribution in [-0.2, 0) is 32.6 Å². The molecule has 0 spiro atoms. The third kappa shape index (κ3) is 8.58. The van der Waals surface area contributed by atoms with Gasteiger partial charge in [0.1, 0.15) is 18.3 Å². The average molecular weight is 552 g/mol. The summed E-state index contributed by atoms with van der Waals surface area (Å²) in [6.45, 7) is 3.57. The summed E-state index contributed by atoms with van der Waals surface area (Å²) in [4.78, 5) is 29.1. The molecule has 0 aliphatic heterocycles. The van der Waals surface area contributed by atoms with Crippen molar-refractivity contribution in [2.75, 3.05) is 24.2 Å². The molecular weight excluding hydrogens is 514 g/mol. The van der Waals surface area contributed by atoms with E-state index in [0.717, 1.165) is 28.1 Å². The van der Waals surface area contributed by atoms with Gasteiger partial charge in [0.05, 0.1) is 19.1 Å². The number of nitrogens with zero attached hydrogens (tertiary/aromatic N) is 2. The number of hydrogen-bond donors (Lipinski definition) is 1. The number of sulfonamides is 1. The summed E-state index contributed by atoms with van der Waals surface area (Å²) in [7, 11) is -2.30. The fourth-order valence-corrected chi connectivity index (χ4v) is 4.99. The molecule has 0 aromatic heterocycles. The number of anilines is 1. The summed E-state index contributed by atoms with van der Waals surface area (Å²) in [5, 5.41) is 3.02. The van der Waals surface area contributed by atoms with Crippen LogP contribution in [0.1, 0.15) is 31.4 Å². The van der Waals surface area contributed by atoms with Crippen molar-refractivity contribution in [2.24, 2.45) is 0 Å². The van der Waals surface area contributed by atoms with Gasteiger partial charge in [0, 0.05) is 19.0 Å². The molecule has 0 aliphatic rings. The van der Waals surface area contributed by atoms with Crippen molar-refractivity contribution >= 4 is 27.5 Å². The molecule has 1 N–H and O–H groups in total. The molecule has 0 bridgehead atoms. The molecule has 0 fully saturated rings. The molecule has 3 aromatic carbocycles. The van der Waals surface area contributed by atoms with Crippen molar-refractivity contribution in [1.82, 2.24) is 10.2 Å². The van der Waals surface area contributed by atoms with E-state index in [4.69, 9.17) is 4.74 Å². The van der Waals surface area contributed by atoms with Crippen LogP contribution < -0.4 is 14.4 Å². The summed E-state index contributed by atoms with van der Waals surface area (Å²) in [5.41, 5.74) is 2.05. The zero-order chi connectivity index (χ0) is 28.4. The number of methoxy groups -OCH3 is 1. The molecule has 39 heavy (non-hydrogen) atoms. The summed E-state index contributed by atoms with van der Waals surface area (Å²) in [6, 6.07) is 24.4. The third-order valence-corrected chi connectivity index (χ3v) is 7.65. The Hall–Kier alpha value is -3.85. The fraction of sp³-hybridized carbons (Fsp3) is 0.333. The Kier molecular flexibility index (Phi) is 10.5. The Morgan fingerprint density at radius 2 is 1.46 bits per heavy atom. The largest absolute Gasteiger partial charge is 0.497 e. The maximum atomic E-state index is 14.0. The standard InChI is InChI=1S/C30H37N3O5S/c1-5-23(2)31-30(35)28(20-24-12-8-6-9-13-24)32(21-25-14-10-7-11-15-25)29(34)22-33(39(4,36)37)26-16-18-27(38-3)19-17-26/h6-19,23,28H,5,20-22H2,1-4H3,(H,31,35). The van der Waals surface area contributed by atoms with Gasteiger partial charge < -0.3 is 15.0 Å². The molecule has 2 atom stereocenters. The van der Waals surface area contributed by atoms with E-state index in [0.29, 0.717) is 11.4 Å². The highest BCUT2D eigenvalue weighted by atomic mass is 32.2. The minimum absolute atomic E-state index is 0.0868. The molecule has 9 heteroatoms. The molecule has 0 heterocycles. The molecular formula is C30H37N3O5S. The number of nitrogens with one attached hydrogen (secondary N) is 1. The number of amides is 2. The van der Waals surface area contributed by atoms with Crippen molar-refractivity contribution in [3.63, 3.8) is 0 Å². The zero-order valence-electron chi connectivity index (χ0n) is 22.9. The van der Waals surface area contributed by atoms with E-state index in [1.807, 2.05) is 74.5 Å². The Labute approximate surface area is 231 Å².